The Labute approximate surface area is 92.8 Å². The van der Waals surface area contributed by atoms with Gasteiger partial charge in [0.05, 0.1) is 22.4 Å². The van der Waals surface area contributed by atoms with Crippen molar-refractivity contribution in [3.05, 3.63) is 40.2 Å². The first-order chi connectivity index (χ1) is 7.11. The third-order valence-corrected chi connectivity index (χ3v) is 2.35. The predicted molar refractivity (Wildman–Crippen MR) is 58.4 cm³/mol. The highest BCUT2D eigenvalue weighted by Crippen LogP contribution is 2.23. The molecule has 0 radical (unpaired) electrons. The van der Waals surface area contributed by atoms with Gasteiger partial charge in [-0.25, -0.2) is 4.39 Å². The average molecular weight is 225 g/mol. The molecule has 0 atom stereocenters. The van der Waals surface area contributed by atoms with Crippen molar-refractivity contribution in [2.45, 2.75) is 13.3 Å². The van der Waals surface area contributed by atoms with Gasteiger partial charge in [-0.3, -0.25) is 0 Å². The Balaban J connectivity index is 3.35. The van der Waals surface area contributed by atoms with E-state index in [4.69, 9.17) is 22.6 Å². The standard InChI is InChI=1S/C11H10ClFN2/c1-2-7(6-14)11(15)8-4-3-5-9(12)10(8)13/h3-5H,2,15H2,1H3/b11-7-. The second-order valence-corrected chi connectivity index (χ2v) is 3.37. The summed E-state index contributed by atoms with van der Waals surface area (Å²) >= 11 is 5.61. The fourth-order valence-corrected chi connectivity index (χ4v) is 1.38. The van der Waals surface area contributed by atoms with Crippen LogP contribution in [0.4, 0.5) is 4.39 Å². The molecule has 2 nitrogen and oxygen atoms in total. The van der Waals surface area contributed by atoms with Crippen molar-refractivity contribution in [2.75, 3.05) is 0 Å². The van der Waals surface area contributed by atoms with Gasteiger partial charge >= 0.3 is 0 Å². The van der Waals surface area contributed by atoms with Crippen LogP contribution in [0.15, 0.2) is 23.8 Å². The molecule has 0 spiro atoms. The molecule has 0 aliphatic rings. The zero-order chi connectivity index (χ0) is 11.4. The number of nitrogens with zero attached hydrogens (tertiary/aromatic N) is 1. The fourth-order valence-electron chi connectivity index (χ4n) is 1.20. The summed E-state index contributed by atoms with van der Waals surface area (Å²) in [6.45, 7) is 1.79. The van der Waals surface area contributed by atoms with Gasteiger partial charge < -0.3 is 5.73 Å². The maximum Gasteiger partial charge on any atom is 0.151 e. The summed E-state index contributed by atoms with van der Waals surface area (Å²) in [5.74, 6) is -0.585. The predicted octanol–water partition coefficient (Wildman–Crippen LogP) is 3.08. The molecular formula is C11H10ClFN2. The molecule has 0 saturated carbocycles. The topological polar surface area (TPSA) is 49.8 Å². The highest BCUT2D eigenvalue weighted by Gasteiger charge is 2.11. The van der Waals surface area contributed by atoms with Crippen LogP contribution in [0.2, 0.25) is 5.02 Å². The Morgan fingerprint density at radius 2 is 2.27 bits per heavy atom. The van der Waals surface area contributed by atoms with Crippen molar-refractivity contribution in [2.24, 2.45) is 5.73 Å². The third kappa shape index (κ3) is 2.28. The van der Waals surface area contributed by atoms with Gasteiger partial charge in [0.1, 0.15) is 0 Å². The second kappa shape index (κ2) is 4.81. The Kier molecular flexibility index (Phi) is 3.70. The van der Waals surface area contributed by atoms with E-state index in [0.29, 0.717) is 12.0 Å². The van der Waals surface area contributed by atoms with Crippen molar-refractivity contribution in [1.82, 2.24) is 0 Å². The van der Waals surface area contributed by atoms with E-state index in [2.05, 4.69) is 0 Å². The highest BCUT2D eigenvalue weighted by atomic mass is 35.5. The lowest BCUT2D eigenvalue weighted by Crippen LogP contribution is -2.03. The number of benzene rings is 1. The van der Waals surface area contributed by atoms with E-state index >= 15 is 0 Å². The summed E-state index contributed by atoms with van der Waals surface area (Å²) < 4.78 is 13.5. The molecule has 2 N–H and O–H groups in total. The molecule has 0 aliphatic carbocycles. The molecule has 0 aromatic heterocycles. The zero-order valence-electron chi connectivity index (χ0n) is 8.22. The smallest absolute Gasteiger partial charge is 0.151 e. The van der Waals surface area contributed by atoms with Gasteiger partial charge in [0, 0.05) is 5.56 Å². The summed E-state index contributed by atoms with van der Waals surface area (Å²) in [5.41, 5.74) is 6.38. The third-order valence-electron chi connectivity index (χ3n) is 2.06. The highest BCUT2D eigenvalue weighted by molar-refractivity contribution is 6.30. The van der Waals surface area contributed by atoms with Gasteiger partial charge in [-0.2, -0.15) is 5.26 Å². The van der Waals surface area contributed by atoms with Crippen molar-refractivity contribution in [3.8, 4) is 6.07 Å². The van der Waals surface area contributed by atoms with E-state index in [1.807, 2.05) is 6.07 Å². The summed E-state index contributed by atoms with van der Waals surface area (Å²) in [7, 11) is 0. The number of allylic oxidation sites excluding steroid dienone is 1. The van der Waals surface area contributed by atoms with Crippen LogP contribution in [0.3, 0.4) is 0 Å². The molecule has 0 aliphatic heterocycles. The van der Waals surface area contributed by atoms with E-state index in [1.165, 1.54) is 12.1 Å². The molecular weight excluding hydrogens is 215 g/mol. The van der Waals surface area contributed by atoms with Gasteiger partial charge in [0.25, 0.3) is 0 Å². The molecule has 4 heteroatoms. The summed E-state index contributed by atoms with van der Waals surface area (Å²) in [6, 6.07) is 6.48. The molecule has 0 bridgehead atoms. The van der Waals surface area contributed by atoms with Crippen LogP contribution in [0.25, 0.3) is 5.70 Å². The maximum atomic E-state index is 13.5. The zero-order valence-corrected chi connectivity index (χ0v) is 8.98. The van der Waals surface area contributed by atoms with E-state index < -0.39 is 5.82 Å². The molecule has 15 heavy (non-hydrogen) atoms. The van der Waals surface area contributed by atoms with Crippen molar-refractivity contribution >= 4 is 17.3 Å². The van der Waals surface area contributed by atoms with Crippen molar-refractivity contribution in [1.29, 1.82) is 5.26 Å². The molecule has 0 unspecified atom stereocenters. The van der Waals surface area contributed by atoms with Crippen LogP contribution in [0.5, 0.6) is 0 Å². The van der Waals surface area contributed by atoms with E-state index in [-0.39, 0.29) is 16.3 Å². The normalized spacial score (nSPS) is 11.9. The quantitative estimate of drug-likeness (QED) is 0.785. The van der Waals surface area contributed by atoms with Crippen LogP contribution in [0.1, 0.15) is 18.9 Å². The first-order valence-electron chi connectivity index (χ1n) is 4.44. The lowest BCUT2D eigenvalue weighted by molar-refractivity contribution is 0.624. The number of hydrogen-bond donors (Lipinski definition) is 1. The number of nitriles is 1. The van der Waals surface area contributed by atoms with Gasteiger partial charge in [0.15, 0.2) is 5.82 Å². The monoisotopic (exact) mass is 224 g/mol. The van der Waals surface area contributed by atoms with Gasteiger partial charge in [0.2, 0.25) is 0 Å². The first-order valence-corrected chi connectivity index (χ1v) is 4.82. The van der Waals surface area contributed by atoms with Crippen LogP contribution < -0.4 is 5.73 Å². The Morgan fingerprint density at radius 3 is 2.80 bits per heavy atom. The lowest BCUT2D eigenvalue weighted by atomic mass is 10.1. The van der Waals surface area contributed by atoms with E-state index in [9.17, 15) is 4.39 Å². The molecule has 1 aromatic rings. The molecule has 0 saturated heterocycles. The van der Waals surface area contributed by atoms with Crippen LogP contribution in [-0.4, -0.2) is 0 Å². The summed E-state index contributed by atoms with van der Waals surface area (Å²) in [6.07, 6.45) is 0.467. The summed E-state index contributed by atoms with van der Waals surface area (Å²) in [4.78, 5) is 0. The molecule has 78 valence electrons. The molecule has 1 aromatic carbocycles. The number of rotatable bonds is 2. The second-order valence-electron chi connectivity index (χ2n) is 2.96. The largest absolute Gasteiger partial charge is 0.397 e. The molecule has 0 amide bonds. The average Bonchev–Trinajstić information content (AvgIpc) is 2.23. The Morgan fingerprint density at radius 1 is 1.60 bits per heavy atom. The van der Waals surface area contributed by atoms with Crippen LogP contribution in [0, 0.1) is 17.1 Å². The van der Waals surface area contributed by atoms with Gasteiger partial charge in [-0.15, -0.1) is 0 Å². The first kappa shape index (κ1) is 11.5. The molecule has 0 heterocycles. The van der Waals surface area contributed by atoms with Gasteiger partial charge in [-0.1, -0.05) is 24.6 Å². The lowest BCUT2D eigenvalue weighted by Gasteiger charge is -2.06. The maximum absolute atomic E-state index is 13.5. The Hall–Kier alpha value is -1.53. The SMILES string of the molecule is CC/C(C#N)=C(/N)c1cccc(Cl)c1F. The van der Waals surface area contributed by atoms with E-state index in [1.54, 1.807) is 13.0 Å². The minimum atomic E-state index is -0.585. The summed E-state index contributed by atoms with van der Waals surface area (Å²) in [5, 5.41) is 8.78. The molecule has 1 rings (SSSR count). The number of halogens is 2. The Bertz CT molecular complexity index is 446. The van der Waals surface area contributed by atoms with Crippen LogP contribution >= 0.6 is 11.6 Å². The van der Waals surface area contributed by atoms with Crippen molar-refractivity contribution in [3.63, 3.8) is 0 Å². The fraction of sp³-hybridized carbons (Fsp3) is 0.182. The molecule has 0 fully saturated rings. The number of nitrogens with two attached hydrogens (primary N) is 1. The van der Waals surface area contributed by atoms with E-state index in [0.717, 1.165) is 0 Å². The number of hydrogen-bond acceptors (Lipinski definition) is 2. The van der Waals surface area contributed by atoms with Crippen LogP contribution in [-0.2, 0) is 0 Å². The van der Waals surface area contributed by atoms with Gasteiger partial charge in [-0.05, 0) is 18.6 Å². The minimum absolute atomic E-state index is 0.00356. The minimum Gasteiger partial charge on any atom is -0.397 e. The van der Waals surface area contributed by atoms with Crippen molar-refractivity contribution < 1.29 is 4.39 Å².